The van der Waals surface area contributed by atoms with E-state index in [4.69, 9.17) is 9.47 Å². The Labute approximate surface area is 214 Å². The molecule has 2 rings (SSSR count). The molecule has 0 saturated carbocycles. The number of hydrogen-bond donors (Lipinski definition) is 2. The number of rotatable bonds is 16. The number of carbonyl (C=O) groups is 3. The van der Waals surface area contributed by atoms with Crippen LogP contribution in [0.2, 0.25) is 0 Å². The Bertz CT molecular complexity index is 859. The highest BCUT2D eigenvalue weighted by Gasteiger charge is 2.34. The molecule has 1 aliphatic heterocycles. The summed E-state index contributed by atoms with van der Waals surface area (Å²) in [7, 11) is 1.51. The quantitative estimate of drug-likeness (QED) is 0.205. The number of likely N-dealkylation sites (tertiary alicyclic amines) is 1. The molecule has 4 atom stereocenters. The number of unbranched alkanes of at least 4 members (excludes halogenated alkanes) is 1. The minimum atomic E-state index is -0.760. The van der Waals surface area contributed by atoms with Gasteiger partial charge in [-0.15, -0.1) is 13.2 Å². The number of allylic oxidation sites excluding steroid dienone is 2. The number of methoxy groups -OCH3 is 1. The van der Waals surface area contributed by atoms with E-state index in [2.05, 4.69) is 18.5 Å². The normalized spacial score (nSPS) is 17.6. The molecule has 198 valence electrons. The van der Waals surface area contributed by atoms with Crippen molar-refractivity contribution in [3.63, 3.8) is 0 Å². The molecule has 0 aromatic heterocycles. The van der Waals surface area contributed by atoms with E-state index in [1.807, 2.05) is 30.3 Å². The van der Waals surface area contributed by atoms with Gasteiger partial charge in [0.15, 0.2) is 0 Å². The number of aliphatic hydroxyl groups is 1. The Morgan fingerprint density at radius 2 is 1.97 bits per heavy atom. The van der Waals surface area contributed by atoms with Crippen LogP contribution in [-0.2, 0) is 23.9 Å². The van der Waals surface area contributed by atoms with Gasteiger partial charge >= 0.3 is 5.97 Å². The third-order valence-corrected chi connectivity index (χ3v) is 6.37. The fraction of sp³-hybridized carbons (Fsp3) is 0.536. The van der Waals surface area contributed by atoms with Crippen LogP contribution in [0.25, 0.3) is 0 Å². The second-order valence-corrected chi connectivity index (χ2v) is 9.06. The first-order valence-electron chi connectivity index (χ1n) is 12.6. The topological polar surface area (TPSA) is 105 Å². The summed E-state index contributed by atoms with van der Waals surface area (Å²) in [6.07, 6.45) is 6.08. The van der Waals surface area contributed by atoms with E-state index in [0.717, 1.165) is 18.4 Å². The molecule has 1 aliphatic rings. The van der Waals surface area contributed by atoms with E-state index < -0.39 is 18.1 Å². The summed E-state index contributed by atoms with van der Waals surface area (Å²) in [5.74, 6) is -1.52. The van der Waals surface area contributed by atoms with Crippen LogP contribution in [0.3, 0.4) is 0 Å². The van der Waals surface area contributed by atoms with Crippen molar-refractivity contribution in [2.45, 2.75) is 63.1 Å². The lowest BCUT2D eigenvalue weighted by molar-refractivity contribution is -0.153. The predicted molar refractivity (Wildman–Crippen MR) is 138 cm³/mol. The standard InChI is InChI=1S/C28H40N2O6/c1-4-6-8-16-26(33)36-27(21-13-9-7-10-14-21)24(20-35-3)29-28(34)22(12-5-2)18-25(32)30-17-11-15-23(30)19-31/h4-5,7,9-10,13-14,22-24,27,31H,1-2,6,8,11-12,15-20H2,3H3,(H,29,34). The van der Waals surface area contributed by atoms with E-state index in [-0.39, 0.29) is 49.9 Å². The van der Waals surface area contributed by atoms with Crippen LogP contribution in [-0.4, -0.2) is 66.7 Å². The van der Waals surface area contributed by atoms with Gasteiger partial charge in [-0.25, -0.2) is 0 Å². The van der Waals surface area contributed by atoms with Gasteiger partial charge < -0.3 is 24.8 Å². The zero-order chi connectivity index (χ0) is 26.3. The SMILES string of the molecule is C=CCCCC(=O)OC(c1ccccc1)C(COC)NC(=O)C(CC=C)CC(=O)N1CCCC1CO. The first kappa shape index (κ1) is 29.3. The molecule has 0 aliphatic carbocycles. The van der Waals surface area contributed by atoms with Crippen LogP contribution in [0.4, 0.5) is 0 Å². The van der Waals surface area contributed by atoms with Crippen LogP contribution in [0.5, 0.6) is 0 Å². The van der Waals surface area contributed by atoms with E-state index in [1.165, 1.54) is 7.11 Å². The highest BCUT2D eigenvalue weighted by molar-refractivity contribution is 5.86. The number of esters is 1. The van der Waals surface area contributed by atoms with Gasteiger partial charge in [0.25, 0.3) is 0 Å². The van der Waals surface area contributed by atoms with Crippen LogP contribution in [0.1, 0.15) is 56.6 Å². The maximum Gasteiger partial charge on any atom is 0.306 e. The van der Waals surface area contributed by atoms with Crippen molar-refractivity contribution in [2.75, 3.05) is 26.9 Å². The first-order valence-corrected chi connectivity index (χ1v) is 12.6. The lowest BCUT2D eigenvalue weighted by Gasteiger charge is -2.30. The summed E-state index contributed by atoms with van der Waals surface area (Å²) in [4.78, 5) is 40.6. The zero-order valence-corrected chi connectivity index (χ0v) is 21.3. The molecule has 4 unspecified atom stereocenters. The molecular weight excluding hydrogens is 460 g/mol. The van der Waals surface area contributed by atoms with Crippen molar-refractivity contribution in [3.05, 3.63) is 61.2 Å². The third-order valence-electron chi connectivity index (χ3n) is 6.37. The van der Waals surface area contributed by atoms with Crippen molar-refractivity contribution in [1.82, 2.24) is 10.2 Å². The lowest BCUT2D eigenvalue weighted by atomic mass is 9.97. The first-order chi connectivity index (χ1) is 17.4. The Hall–Kier alpha value is -2.97. The minimum absolute atomic E-state index is 0.00536. The number of nitrogens with one attached hydrogen (secondary N) is 1. The van der Waals surface area contributed by atoms with Gasteiger partial charge in [0.05, 0.1) is 31.2 Å². The van der Waals surface area contributed by atoms with Crippen molar-refractivity contribution >= 4 is 17.8 Å². The Morgan fingerprint density at radius 1 is 1.22 bits per heavy atom. The molecule has 8 nitrogen and oxygen atoms in total. The zero-order valence-electron chi connectivity index (χ0n) is 21.3. The van der Waals surface area contributed by atoms with Crippen LogP contribution in [0, 0.1) is 5.92 Å². The molecule has 1 aromatic rings. The minimum Gasteiger partial charge on any atom is -0.455 e. The molecule has 2 N–H and O–H groups in total. The molecule has 1 saturated heterocycles. The molecule has 1 aromatic carbocycles. The van der Waals surface area contributed by atoms with E-state index in [1.54, 1.807) is 17.1 Å². The third kappa shape index (κ3) is 8.91. The van der Waals surface area contributed by atoms with Crippen molar-refractivity contribution in [1.29, 1.82) is 0 Å². The summed E-state index contributed by atoms with van der Waals surface area (Å²) < 4.78 is 11.2. The van der Waals surface area contributed by atoms with E-state index >= 15 is 0 Å². The summed E-state index contributed by atoms with van der Waals surface area (Å²) in [5.41, 5.74) is 0.733. The maximum absolute atomic E-state index is 13.4. The van der Waals surface area contributed by atoms with E-state index in [9.17, 15) is 19.5 Å². The van der Waals surface area contributed by atoms with Crippen LogP contribution >= 0.6 is 0 Å². The number of benzene rings is 1. The summed E-state index contributed by atoms with van der Waals surface area (Å²) in [6, 6.07) is 8.35. The van der Waals surface area contributed by atoms with Gasteiger partial charge in [-0.2, -0.15) is 0 Å². The fourth-order valence-electron chi connectivity index (χ4n) is 4.47. The Kier molecular flexibility index (Phi) is 12.9. The van der Waals surface area contributed by atoms with Crippen molar-refractivity contribution in [2.24, 2.45) is 5.92 Å². The highest BCUT2D eigenvalue weighted by atomic mass is 16.5. The average molecular weight is 501 g/mol. The number of carbonyl (C=O) groups excluding carboxylic acids is 3. The van der Waals surface area contributed by atoms with Gasteiger partial charge in [-0.1, -0.05) is 42.5 Å². The van der Waals surface area contributed by atoms with Gasteiger partial charge in [0.1, 0.15) is 6.10 Å². The monoisotopic (exact) mass is 500 g/mol. The number of aliphatic hydroxyl groups excluding tert-OH is 1. The summed E-state index contributed by atoms with van der Waals surface area (Å²) >= 11 is 0. The molecule has 1 fully saturated rings. The van der Waals surface area contributed by atoms with Crippen molar-refractivity contribution < 1.29 is 29.0 Å². The van der Waals surface area contributed by atoms with Gasteiger partial charge in [-0.3, -0.25) is 14.4 Å². The second kappa shape index (κ2) is 15.9. The predicted octanol–water partition coefficient (Wildman–Crippen LogP) is 3.32. The van der Waals surface area contributed by atoms with Gasteiger partial charge in [0, 0.05) is 26.5 Å². The number of nitrogens with zero attached hydrogens (tertiary/aromatic N) is 1. The Balaban J connectivity index is 2.18. The molecule has 36 heavy (non-hydrogen) atoms. The van der Waals surface area contributed by atoms with Gasteiger partial charge in [0.2, 0.25) is 11.8 Å². The number of hydrogen-bond acceptors (Lipinski definition) is 6. The molecule has 1 heterocycles. The van der Waals surface area contributed by atoms with Crippen molar-refractivity contribution in [3.8, 4) is 0 Å². The molecule has 0 bridgehead atoms. The van der Waals surface area contributed by atoms with Crippen LogP contribution in [0.15, 0.2) is 55.6 Å². The molecule has 0 spiro atoms. The fourth-order valence-corrected chi connectivity index (χ4v) is 4.47. The molecule has 2 amide bonds. The molecular formula is C28H40N2O6. The molecule has 8 heteroatoms. The van der Waals surface area contributed by atoms with E-state index in [0.29, 0.717) is 25.8 Å². The number of ether oxygens (including phenoxy) is 2. The smallest absolute Gasteiger partial charge is 0.306 e. The van der Waals surface area contributed by atoms with Crippen LogP contribution < -0.4 is 5.32 Å². The maximum atomic E-state index is 13.4. The average Bonchev–Trinajstić information content (AvgIpc) is 3.36. The Morgan fingerprint density at radius 3 is 2.61 bits per heavy atom. The largest absolute Gasteiger partial charge is 0.455 e. The summed E-state index contributed by atoms with van der Waals surface area (Å²) in [6.45, 7) is 8.02. The summed E-state index contributed by atoms with van der Waals surface area (Å²) in [5, 5.41) is 12.5. The number of amides is 2. The highest BCUT2D eigenvalue weighted by Crippen LogP contribution is 2.25. The lowest BCUT2D eigenvalue weighted by Crippen LogP contribution is -2.47. The molecule has 0 radical (unpaired) electrons. The van der Waals surface area contributed by atoms with Gasteiger partial charge in [-0.05, 0) is 37.7 Å². The second-order valence-electron chi connectivity index (χ2n) is 9.06.